The van der Waals surface area contributed by atoms with E-state index in [1.54, 1.807) is 6.07 Å². The van der Waals surface area contributed by atoms with E-state index in [0.29, 0.717) is 16.4 Å². The summed E-state index contributed by atoms with van der Waals surface area (Å²) in [5.74, 6) is 0.0284. The Labute approximate surface area is 207 Å². The van der Waals surface area contributed by atoms with Crippen LogP contribution in [0.2, 0.25) is 0 Å². The number of aryl methyl sites for hydroxylation is 3. The molecule has 3 aromatic carbocycles. The minimum atomic E-state index is -0.137. The highest BCUT2D eigenvalue weighted by molar-refractivity contribution is 8.00. The maximum atomic E-state index is 12.5. The lowest BCUT2D eigenvalue weighted by atomic mass is 10.1. The molecule has 172 valence electrons. The Morgan fingerprint density at radius 2 is 1.59 bits per heavy atom. The van der Waals surface area contributed by atoms with Crippen molar-refractivity contribution < 1.29 is 9.59 Å². The van der Waals surface area contributed by atoms with E-state index in [-0.39, 0.29) is 17.6 Å². The highest BCUT2D eigenvalue weighted by Gasteiger charge is 2.13. The smallest absolute Gasteiger partial charge is 0.255 e. The number of anilines is 2. The van der Waals surface area contributed by atoms with Gasteiger partial charge in [0, 0.05) is 26.6 Å². The molecule has 2 N–H and O–H groups in total. The van der Waals surface area contributed by atoms with Gasteiger partial charge < -0.3 is 10.6 Å². The van der Waals surface area contributed by atoms with Crippen molar-refractivity contribution in [3.05, 3.63) is 94.4 Å². The van der Waals surface area contributed by atoms with Crippen LogP contribution in [0.1, 0.15) is 26.4 Å². The quantitative estimate of drug-likeness (QED) is 0.284. The molecular weight excluding hydrogens is 462 g/mol. The lowest BCUT2D eigenvalue weighted by Gasteiger charge is -2.08. The first-order chi connectivity index (χ1) is 16.4. The Morgan fingerprint density at radius 1 is 0.882 bits per heavy atom. The Kier molecular flexibility index (Phi) is 7.45. The summed E-state index contributed by atoms with van der Waals surface area (Å²) in [6, 6.07) is 23.2. The van der Waals surface area contributed by atoms with Crippen LogP contribution in [0.25, 0.3) is 11.3 Å². The second-order valence-corrected chi connectivity index (χ2v) is 10.2. The number of aromatic nitrogens is 1. The number of amides is 2. The SMILES string of the molecule is Cc1ccc(-c2nc(NC(=O)CSc3ccc(NC(=O)c4ccccc4C)cc3)sc2C)cc1. The standard InChI is InChI=1S/C27H25N3O2S2/c1-17-8-10-20(11-9-17)25-19(3)34-27(30-25)29-24(31)16-33-22-14-12-21(13-15-22)28-26(32)23-7-5-4-6-18(23)2/h4-15H,16H2,1-3H3,(H,28,32)(H,29,30,31). The molecule has 0 aliphatic heterocycles. The lowest BCUT2D eigenvalue weighted by molar-refractivity contribution is -0.113. The molecule has 34 heavy (non-hydrogen) atoms. The third kappa shape index (κ3) is 5.92. The Morgan fingerprint density at radius 3 is 2.29 bits per heavy atom. The Bertz CT molecular complexity index is 1310. The maximum Gasteiger partial charge on any atom is 0.255 e. The molecule has 1 heterocycles. The van der Waals surface area contributed by atoms with Crippen LogP contribution in [0.15, 0.2) is 77.7 Å². The third-order valence-electron chi connectivity index (χ3n) is 5.24. The number of nitrogens with zero attached hydrogens (tertiary/aromatic N) is 1. The van der Waals surface area contributed by atoms with Crippen molar-refractivity contribution in [2.75, 3.05) is 16.4 Å². The summed E-state index contributed by atoms with van der Waals surface area (Å²) in [6.45, 7) is 5.98. The van der Waals surface area contributed by atoms with Crippen molar-refractivity contribution in [1.82, 2.24) is 4.98 Å². The molecule has 0 atom stereocenters. The zero-order valence-electron chi connectivity index (χ0n) is 19.2. The van der Waals surface area contributed by atoms with Crippen molar-refractivity contribution in [2.24, 2.45) is 0 Å². The molecule has 0 unspecified atom stereocenters. The summed E-state index contributed by atoms with van der Waals surface area (Å²) in [5, 5.41) is 6.42. The van der Waals surface area contributed by atoms with Gasteiger partial charge in [-0.1, -0.05) is 48.0 Å². The number of rotatable bonds is 7. The number of hydrogen-bond acceptors (Lipinski definition) is 5. The average Bonchev–Trinajstić information content (AvgIpc) is 3.19. The molecule has 7 heteroatoms. The molecular formula is C27H25N3O2S2. The summed E-state index contributed by atoms with van der Waals surface area (Å²) < 4.78 is 0. The van der Waals surface area contributed by atoms with Crippen molar-refractivity contribution in [1.29, 1.82) is 0 Å². The van der Waals surface area contributed by atoms with Gasteiger partial charge in [-0.25, -0.2) is 4.98 Å². The number of thiazole rings is 1. The van der Waals surface area contributed by atoms with Gasteiger partial charge in [-0.05, 0) is 56.7 Å². The molecule has 0 fully saturated rings. The van der Waals surface area contributed by atoms with Gasteiger partial charge in [0.05, 0.1) is 11.4 Å². The van der Waals surface area contributed by atoms with Crippen LogP contribution in [-0.2, 0) is 4.79 Å². The summed E-state index contributed by atoms with van der Waals surface area (Å²) in [6.07, 6.45) is 0. The van der Waals surface area contributed by atoms with Gasteiger partial charge in [0.2, 0.25) is 5.91 Å². The fourth-order valence-corrected chi connectivity index (χ4v) is 4.94. The molecule has 0 spiro atoms. The van der Waals surface area contributed by atoms with E-state index in [4.69, 9.17) is 0 Å². The molecule has 4 aromatic rings. The van der Waals surface area contributed by atoms with Gasteiger partial charge in [0.1, 0.15) is 0 Å². The van der Waals surface area contributed by atoms with Gasteiger partial charge in [-0.15, -0.1) is 23.1 Å². The molecule has 0 aliphatic rings. The average molecular weight is 488 g/mol. The largest absolute Gasteiger partial charge is 0.322 e. The molecule has 0 aliphatic carbocycles. The van der Waals surface area contributed by atoms with Crippen LogP contribution in [-0.4, -0.2) is 22.6 Å². The molecule has 0 saturated heterocycles. The second-order valence-electron chi connectivity index (χ2n) is 7.92. The summed E-state index contributed by atoms with van der Waals surface area (Å²) in [5.41, 5.74) is 5.44. The number of nitrogens with one attached hydrogen (secondary N) is 2. The zero-order valence-corrected chi connectivity index (χ0v) is 20.8. The highest BCUT2D eigenvalue weighted by atomic mass is 32.2. The van der Waals surface area contributed by atoms with Gasteiger partial charge >= 0.3 is 0 Å². The van der Waals surface area contributed by atoms with Crippen molar-refractivity contribution in [3.8, 4) is 11.3 Å². The lowest BCUT2D eigenvalue weighted by Crippen LogP contribution is -2.14. The van der Waals surface area contributed by atoms with Crippen molar-refractivity contribution in [3.63, 3.8) is 0 Å². The van der Waals surface area contributed by atoms with Gasteiger partial charge in [0.25, 0.3) is 5.91 Å². The predicted octanol–water partition coefficient (Wildman–Crippen LogP) is 6.72. The maximum absolute atomic E-state index is 12.5. The highest BCUT2D eigenvalue weighted by Crippen LogP contribution is 2.31. The molecule has 0 bridgehead atoms. The van der Waals surface area contributed by atoms with Crippen LogP contribution in [0, 0.1) is 20.8 Å². The Balaban J connectivity index is 1.30. The fraction of sp³-hybridized carbons (Fsp3) is 0.148. The monoisotopic (exact) mass is 487 g/mol. The Hall–Kier alpha value is -3.42. The topological polar surface area (TPSA) is 71.1 Å². The number of carbonyl (C=O) groups is 2. The molecule has 4 rings (SSSR count). The van der Waals surface area contributed by atoms with Crippen molar-refractivity contribution >= 4 is 45.7 Å². The molecule has 2 amide bonds. The first-order valence-corrected chi connectivity index (χ1v) is 12.6. The number of benzene rings is 3. The van der Waals surface area contributed by atoms with Gasteiger partial charge in [0.15, 0.2) is 5.13 Å². The summed E-state index contributed by atoms with van der Waals surface area (Å²) >= 11 is 2.91. The summed E-state index contributed by atoms with van der Waals surface area (Å²) in [4.78, 5) is 31.6. The summed E-state index contributed by atoms with van der Waals surface area (Å²) in [7, 11) is 0. The van der Waals surface area contributed by atoms with E-state index < -0.39 is 0 Å². The van der Waals surface area contributed by atoms with E-state index in [0.717, 1.165) is 26.6 Å². The molecule has 0 radical (unpaired) electrons. The third-order valence-corrected chi connectivity index (χ3v) is 7.14. The van der Waals surface area contributed by atoms with E-state index in [2.05, 4.69) is 34.7 Å². The first kappa shape index (κ1) is 23.7. The normalized spacial score (nSPS) is 10.7. The first-order valence-electron chi connectivity index (χ1n) is 10.8. The van der Waals surface area contributed by atoms with E-state index in [1.807, 2.05) is 68.4 Å². The molecule has 5 nitrogen and oxygen atoms in total. The van der Waals surface area contributed by atoms with Gasteiger partial charge in [-0.3, -0.25) is 9.59 Å². The van der Waals surface area contributed by atoms with E-state index in [9.17, 15) is 9.59 Å². The van der Waals surface area contributed by atoms with Crippen LogP contribution in [0.5, 0.6) is 0 Å². The van der Waals surface area contributed by atoms with Crippen LogP contribution < -0.4 is 10.6 Å². The van der Waals surface area contributed by atoms with Crippen LogP contribution in [0.4, 0.5) is 10.8 Å². The predicted molar refractivity (Wildman–Crippen MR) is 142 cm³/mol. The number of thioether (sulfide) groups is 1. The van der Waals surface area contributed by atoms with Crippen LogP contribution >= 0.6 is 23.1 Å². The minimum Gasteiger partial charge on any atom is -0.322 e. The van der Waals surface area contributed by atoms with E-state index in [1.165, 1.54) is 28.7 Å². The minimum absolute atomic E-state index is 0.105. The zero-order chi connectivity index (χ0) is 24.1. The number of carbonyl (C=O) groups excluding carboxylic acids is 2. The van der Waals surface area contributed by atoms with E-state index >= 15 is 0 Å². The molecule has 0 saturated carbocycles. The van der Waals surface area contributed by atoms with Gasteiger partial charge in [-0.2, -0.15) is 0 Å². The molecule has 1 aromatic heterocycles. The second kappa shape index (κ2) is 10.7. The van der Waals surface area contributed by atoms with Crippen LogP contribution in [0.3, 0.4) is 0 Å². The number of hydrogen-bond donors (Lipinski definition) is 2. The fourth-order valence-electron chi connectivity index (χ4n) is 3.39. The van der Waals surface area contributed by atoms with Crippen molar-refractivity contribution in [2.45, 2.75) is 25.7 Å².